The SMILES string of the molecule is CC(C)Oc1ccc(-n2c(C(=O)O)cc3cc(Oc4ccc(Cl)c(OC(F)(F)F)c4)ccc32)cc1. The standard InChI is InChI=1S/C25H19ClF3NO5/c1-14(2)33-17-5-3-16(4-6-17)30-21-10-8-18(11-15(21)12-22(30)24(31)32)34-19-7-9-20(26)23(13-19)35-25(27,28)29/h3-14H,1-2H3,(H,31,32). The van der Waals surface area contributed by atoms with E-state index >= 15 is 0 Å². The second kappa shape index (κ2) is 9.42. The van der Waals surface area contributed by atoms with Gasteiger partial charge in [0.05, 0.1) is 16.6 Å². The number of halogens is 4. The molecule has 3 aromatic carbocycles. The predicted molar refractivity (Wildman–Crippen MR) is 124 cm³/mol. The van der Waals surface area contributed by atoms with Crippen LogP contribution in [-0.4, -0.2) is 28.1 Å². The fourth-order valence-electron chi connectivity index (χ4n) is 3.52. The van der Waals surface area contributed by atoms with Gasteiger partial charge in [-0.05, 0) is 74.5 Å². The average molecular weight is 506 g/mol. The van der Waals surface area contributed by atoms with Gasteiger partial charge < -0.3 is 23.9 Å². The number of aromatic carboxylic acids is 1. The minimum atomic E-state index is -4.91. The fraction of sp³-hybridized carbons (Fsp3) is 0.160. The van der Waals surface area contributed by atoms with Crippen molar-refractivity contribution in [1.82, 2.24) is 4.57 Å². The zero-order chi connectivity index (χ0) is 25.3. The molecule has 0 amide bonds. The van der Waals surface area contributed by atoms with Crippen LogP contribution in [0, 0.1) is 0 Å². The van der Waals surface area contributed by atoms with Crippen LogP contribution in [0.15, 0.2) is 66.7 Å². The molecule has 0 atom stereocenters. The highest BCUT2D eigenvalue weighted by atomic mass is 35.5. The van der Waals surface area contributed by atoms with E-state index in [1.54, 1.807) is 47.0 Å². The van der Waals surface area contributed by atoms with Crippen LogP contribution in [0.2, 0.25) is 5.02 Å². The Labute approximate surface area is 203 Å². The topological polar surface area (TPSA) is 69.9 Å². The van der Waals surface area contributed by atoms with Gasteiger partial charge in [0.1, 0.15) is 22.9 Å². The first-order valence-electron chi connectivity index (χ1n) is 10.4. The summed E-state index contributed by atoms with van der Waals surface area (Å²) in [5.41, 5.74) is 1.25. The molecule has 1 heterocycles. The largest absolute Gasteiger partial charge is 0.573 e. The van der Waals surface area contributed by atoms with Gasteiger partial charge in [0.2, 0.25) is 0 Å². The molecule has 0 fully saturated rings. The lowest BCUT2D eigenvalue weighted by Crippen LogP contribution is -2.17. The van der Waals surface area contributed by atoms with Crippen LogP contribution in [-0.2, 0) is 0 Å². The number of carbonyl (C=O) groups is 1. The van der Waals surface area contributed by atoms with Gasteiger partial charge in [-0.3, -0.25) is 0 Å². The van der Waals surface area contributed by atoms with Crippen molar-refractivity contribution in [2.45, 2.75) is 26.3 Å². The quantitative estimate of drug-likeness (QED) is 0.282. The molecule has 4 rings (SSSR count). The number of nitrogens with zero attached hydrogens (tertiary/aromatic N) is 1. The molecular weight excluding hydrogens is 487 g/mol. The van der Waals surface area contributed by atoms with Crippen molar-refractivity contribution < 1.29 is 37.3 Å². The molecule has 4 aromatic rings. The summed E-state index contributed by atoms with van der Waals surface area (Å²) >= 11 is 5.78. The Balaban J connectivity index is 1.68. The van der Waals surface area contributed by atoms with Crippen molar-refractivity contribution in [3.63, 3.8) is 0 Å². The lowest BCUT2D eigenvalue weighted by atomic mass is 10.2. The molecule has 0 saturated heterocycles. The lowest BCUT2D eigenvalue weighted by molar-refractivity contribution is -0.274. The number of benzene rings is 3. The lowest BCUT2D eigenvalue weighted by Gasteiger charge is -2.13. The number of aromatic nitrogens is 1. The third-order valence-corrected chi connectivity index (χ3v) is 5.14. The Kier molecular flexibility index (Phi) is 6.53. The van der Waals surface area contributed by atoms with Gasteiger partial charge in [0.15, 0.2) is 5.75 Å². The van der Waals surface area contributed by atoms with E-state index < -0.39 is 18.1 Å². The van der Waals surface area contributed by atoms with E-state index in [2.05, 4.69) is 4.74 Å². The molecule has 0 spiro atoms. The number of hydrogen-bond donors (Lipinski definition) is 1. The number of hydrogen-bond acceptors (Lipinski definition) is 4. The van der Waals surface area contributed by atoms with Gasteiger partial charge in [0.25, 0.3) is 0 Å². The first-order valence-corrected chi connectivity index (χ1v) is 10.8. The zero-order valence-corrected chi connectivity index (χ0v) is 19.2. The van der Waals surface area contributed by atoms with Gasteiger partial charge in [-0.2, -0.15) is 0 Å². The number of carboxylic acid groups (broad SMARTS) is 1. The van der Waals surface area contributed by atoms with Crippen molar-refractivity contribution in [3.05, 3.63) is 77.4 Å². The number of fused-ring (bicyclic) bond motifs is 1. The third-order valence-electron chi connectivity index (χ3n) is 4.82. The number of alkyl halides is 3. The number of rotatable bonds is 7. The molecule has 182 valence electrons. The normalized spacial score (nSPS) is 11.6. The van der Waals surface area contributed by atoms with Crippen LogP contribution < -0.4 is 14.2 Å². The van der Waals surface area contributed by atoms with Gasteiger partial charge in [-0.25, -0.2) is 4.79 Å². The molecule has 0 radical (unpaired) electrons. The van der Waals surface area contributed by atoms with E-state index in [0.717, 1.165) is 6.07 Å². The maximum absolute atomic E-state index is 12.6. The van der Waals surface area contributed by atoms with Gasteiger partial charge in [0, 0.05) is 17.1 Å². The number of ether oxygens (including phenoxy) is 3. The Morgan fingerprint density at radius 3 is 2.20 bits per heavy atom. The Morgan fingerprint density at radius 1 is 0.943 bits per heavy atom. The summed E-state index contributed by atoms with van der Waals surface area (Å²) in [7, 11) is 0. The van der Waals surface area contributed by atoms with Crippen molar-refractivity contribution in [3.8, 4) is 28.7 Å². The van der Waals surface area contributed by atoms with E-state index in [1.807, 2.05) is 13.8 Å². The monoisotopic (exact) mass is 505 g/mol. The van der Waals surface area contributed by atoms with Crippen molar-refractivity contribution in [2.75, 3.05) is 0 Å². The Morgan fingerprint density at radius 2 is 1.57 bits per heavy atom. The molecule has 0 aliphatic carbocycles. The zero-order valence-electron chi connectivity index (χ0n) is 18.5. The molecule has 0 aliphatic heterocycles. The van der Waals surface area contributed by atoms with E-state index in [0.29, 0.717) is 22.3 Å². The third kappa shape index (κ3) is 5.63. The summed E-state index contributed by atoms with van der Waals surface area (Å²) in [5.74, 6) is -0.719. The van der Waals surface area contributed by atoms with Crippen LogP contribution >= 0.6 is 11.6 Å². The molecule has 0 unspecified atom stereocenters. The van der Waals surface area contributed by atoms with Crippen LogP contribution in [0.5, 0.6) is 23.0 Å². The summed E-state index contributed by atoms with van der Waals surface area (Å²) in [5, 5.41) is 10.1. The van der Waals surface area contributed by atoms with Crippen molar-refractivity contribution >= 4 is 28.5 Å². The Bertz CT molecular complexity index is 1380. The number of carboxylic acids is 1. The summed E-state index contributed by atoms with van der Waals surface area (Å²) in [6, 6.07) is 17.0. The fourth-order valence-corrected chi connectivity index (χ4v) is 3.68. The molecule has 0 saturated carbocycles. The molecule has 1 aromatic heterocycles. The highest BCUT2D eigenvalue weighted by molar-refractivity contribution is 6.32. The van der Waals surface area contributed by atoms with Crippen LogP contribution in [0.25, 0.3) is 16.6 Å². The van der Waals surface area contributed by atoms with Crippen molar-refractivity contribution in [2.24, 2.45) is 0 Å². The van der Waals surface area contributed by atoms with Crippen LogP contribution in [0.1, 0.15) is 24.3 Å². The van der Waals surface area contributed by atoms with Gasteiger partial charge in [-0.1, -0.05) is 11.6 Å². The summed E-state index contributed by atoms with van der Waals surface area (Å²) in [6.45, 7) is 3.81. The van der Waals surface area contributed by atoms with E-state index in [1.165, 1.54) is 18.2 Å². The summed E-state index contributed by atoms with van der Waals surface area (Å²) in [4.78, 5) is 11.9. The summed E-state index contributed by atoms with van der Waals surface area (Å²) < 4.78 is 54.6. The second-order valence-corrected chi connectivity index (χ2v) is 8.20. The predicted octanol–water partition coefficient (Wildman–Crippen LogP) is 7.46. The molecule has 1 N–H and O–H groups in total. The molecule has 10 heteroatoms. The molecular formula is C25H19ClF3NO5. The van der Waals surface area contributed by atoms with Crippen LogP contribution in [0.3, 0.4) is 0 Å². The maximum atomic E-state index is 12.6. The minimum Gasteiger partial charge on any atom is -0.491 e. The molecule has 35 heavy (non-hydrogen) atoms. The second-order valence-electron chi connectivity index (χ2n) is 7.79. The van der Waals surface area contributed by atoms with E-state index in [-0.39, 0.29) is 28.3 Å². The van der Waals surface area contributed by atoms with Crippen LogP contribution in [0.4, 0.5) is 13.2 Å². The maximum Gasteiger partial charge on any atom is 0.573 e. The highest BCUT2D eigenvalue weighted by Gasteiger charge is 2.32. The van der Waals surface area contributed by atoms with Crippen molar-refractivity contribution in [1.29, 1.82) is 0 Å². The van der Waals surface area contributed by atoms with Gasteiger partial charge >= 0.3 is 12.3 Å². The molecule has 0 aliphatic rings. The molecule has 6 nitrogen and oxygen atoms in total. The van der Waals surface area contributed by atoms with E-state index in [9.17, 15) is 23.1 Å². The van der Waals surface area contributed by atoms with Gasteiger partial charge in [-0.15, -0.1) is 13.2 Å². The Hall–Kier alpha value is -3.85. The average Bonchev–Trinajstić information content (AvgIpc) is 3.14. The molecule has 0 bridgehead atoms. The first-order chi connectivity index (χ1) is 16.5. The first kappa shape index (κ1) is 24.3. The summed E-state index contributed by atoms with van der Waals surface area (Å²) in [6.07, 6.45) is -4.91. The smallest absolute Gasteiger partial charge is 0.491 e. The highest BCUT2D eigenvalue weighted by Crippen LogP contribution is 2.36. The minimum absolute atomic E-state index is 0.00185. The van der Waals surface area contributed by atoms with E-state index in [4.69, 9.17) is 21.1 Å².